The number of allylic oxidation sites excluding steroid dienone is 2. The molecule has 9 heavy (non-hydrogen) atoms. The van der Waals surface area contributed by atoms with E-state index in [9.17, 15) is 0 Å². The number of hydrogen-bond donors (Lipinski definition) is 1. The number of ether oxygens (including phenoxy) is 1. The molecule has 0 radical (unpaired) electrons. The van der Waals surface area contributed by atoms with Gasteiger partial charge in [0.2, 0.25) is 5.90 Å². The molecule has 3 nitrogen and oxygen atoms in total. The van der Waals surface area contributed by atoms with E-state index in [1.165, 1.54) is 0 Å². The molecule has 0 bridgehead atoms. The Morgan fingerprint density at radius 3 is 2.44 bits per heavy atom. The van der Waals surface area contributed by atoms with Gasteiger partial charge in [-0.15, -0.1) is 5.10 Å². The fourth-order valence-electron chi connectivity index (χ4n) is 0.318. The fraction of sp³-hybridized carbons (Fsp3) is 0.500. The van der Waals surface area contributed by atoms with Gasteiger partial charge in [0.25, 0.3) is 0 Å². The summed E-state index contributed by atoms with van der Waals surface area (Å²) in [6.07, 6.45) is 1.84. The lowest BCUT2D eigenvalue weighted by atomic mass is 10.5. The Kier molecular flexibility index (Phi) is 3.51. The van der Waals surface area contributed by atoms with E-state index >= 15 is 0 Å². The van der Waals surface area contributed by atoms with Crippen LogP contribution in [0.4, 0.5) is 0 Å². The van der Waals surface area contributed by atoms with Crippen molar-refractivity contribution < 1.29 is 4.74 Å². The maximum atomic E-state index is 5.03. The highest BCUT2D eigenvalue weighted by atomic mass is 16.5. The molecule has 0 heterocycles. The summed E-state index contributed by atoms with van der Waals surface area (Å²) in [6, 6.07) is 0. The van der Waals surface area contributed by atoms with Crippen LogP contribution in [-0.2, 0) is 4.74 Å². The van der Waals surface area contributed by atoms with E-state index in [2.05, 4.69) is 5.10 Å². The van der Waals surface area contributed by atoms with Gasteiger partial charge < -0.3 is 10.6 Å². The van der Waals surface area contributed by atoms with Crippen LogP contribution in [0.15, 0.2) is 16.9 Å². The lowest BCUT2D eigenvalue weighted by molar-refractivity contribution is 0.411. The lowest BCUT2D eigenvalue weighted by Crippen LogP contribution is -2.00. The predicted molar refractivity (Wildman–Crippen MR) is 37.8 cm³/mol. The van der Waals surface area contributed by atoms with Crippen molar-refractivity contribution in [2.24, 2.45) is 10.9 Å². The smallest absolute Gasteiger partial charge is 0.208 e. The summed E-state index contributed by atoms with van der Waals surface area (Å²) >= 11 is 0. The van der Waals surface area contributed by atoms with Crippen LogP contribution in [0.1, 0.15) is 20.8 Å². The minimum absolute atomic E-state index is 0.477. The van der Waals surface area contributed by atoms with Gasteiger partial charge in [-0.2, -0.15) is 0 Å². The molecule has 0 saturated carbocycles. The molecular weight excluding hydrogens is 116 g/mol. The first-order valence-electron chi connectivity index (χ1n) is 2.76. The second-order valence-electron chi connectivity index (χ2n) is 1.65. The summed E-state index contributed by atoms with van der Waals surface area (Å²) in [6.45, 7) is 5.43. The predicted octanol–water partition coefficient (Wildman–Crippen LogP) is 1.22. The Balaban J connectivity index is 3.75. The average Bonchev–Trinajstić information content (AvgIpc) is 1.87. The molecule has 2 N–H and O–H groups in total. The fourth-order valence-corrected chi connectivity index (χ4v) is 0.318. The third-order valence-electron chi connectivity index (χ3n) is 0.897. The van der Waals surface area contributed by atoms with Gasteiger partial charge in [-0.05, 0) is 19.9 Å². The SMILES string of the molecule is C/C=C(/C)O/C(C)=N\N. The Morgan fingerprint density at radius 2 is 2.11 bits per heavy atom. The molecule has 0 aliphatic heterocycles. The van der Waals surface area contributed by atoms with Crippen LogP contribution in [0.25, 0.3) is 0 Å². The topological polar surface area (TPSA) is 47.6 Å². The second-order valence-corrected chi connectivity index (χ2v) is 1.65. The molecule has 0 unspecified atom stereocenters. The lowest BCUT2D eigenvalue weighted by Gasteiger charge is -2.00. The molecule has 0 aromatic carbocycles. The molecule has 0 atom stereocenters. The van der Waals surface area contributed by atoms with E-state index in [-0.39, 0.29) is 0 Å². The quantitative estimate of drug-likeness (QED) is 0.190. The zero-order valence-electron chi connectivity index (χ0n) is 6.01. The van der Waals surface area contributed by atoms with E-state index in [0.717, 1.165) is 5.76 Å². The Hall–Kier alpha value is -0.990. The van der Waals surface area contributed by atoms with Crippen molar-refractivity contribution in [3.63, 3.8) is 0 Å². The minimum atomic E-state index is 0.477. The maximum absolute atomic E-state index is 5.03. The van der Waals surface area contributed by atoms with Gasteiger partial charge in [0, 0.05) is 6.92 Å². The Morgan fingerprint density at radius 1 is 1.56 bits per heavy atom. The van der Waals surface area contributed by atoms with E-state index in [4.69, 9.17) is 10.6 Å². The van der Waals surface area contributed by atoms with Gasteiger partial charge in [0.05, 0.1) is 5.76 Å². The number of hydrazone groups is 1. The number of nitrogens with two attached hydrogens (primary N) is 1. The first kappa shape index (κ1) is 8.01. The van der Waals surface area contributed by atoms with Crippen LogP contribution < -0.4 is 5.84 Å². The van der Waals surface area contributed by atoms with Gasteiger partial charge in [-0.25, -0.2) is 0 Å². The standard InChI is InChI=1S/C6H12N2O/c1-4-5(2)9-6(3)8-7/h4H,7H2,1-3H3/b5-4-,8-6-. The molecule has 0 rings (SSSR count). The number of nitrogens with zero attached hydrogens (tertiary/aromatic N) is 1. The van der Waals surface area contributed by atoms with Crippen LogP contribution in [0.2, 0.25) is 0 Å². The highest BCUT2D eigenvalue weighted by Crippen LogP contribution is 1.94. The molecule has 0 aromatic rings. The van der Waals surface area contributed by atoms with E-state index in [1.807, 2.05) is 19.9 Å². The summed E-state index contributed by atoms with van der Waals surface area (Å²) in [4.78, 5) is 0. The number of rotatable bonds is 1. The van der Waals surface area contributed by atoms with Crippen molar-refractivity contribution in [2.45, 2.75) is 20.8 Å². The van der Waals surface area contributed by atoms with Crippen LogP contribution in [-0.4, -0.2) is 5.90 Å². The van der Waals surface area contributed by atoms with Gasteiger partial charge in [0.1, 0.15) is 0 Å². The van der Waals surface area contributed by atoms with Crippen molar-refractivity contribution in [3.05, 3.63) is 11.8 Å². The van der Waals surface area contributed by atoms with Crippen molar-refractivity contribution in [1.29, 1.82) is 0 Å². The van der Waals surface area contributed by atoms with Crippen LogP contribution in [0.3, 0.4) is 0 Å². The van der Waals surface area contributed by atoms with Crippen LogP contribution >= 0.6 is 0 Å². The van der Waals surface area contributed by atoms with Crippen LogP contribution in [0, 0.1) is 0 Å². The third kappa shape index (κ3) is 3.58. The van der Waals surface area contributed by atoms with Gasteiger partial charge in [0.15, 0.2) is 0 Å². The number of hydrogen-bond acceptors (Lipinski definition) is 3. The molecule has 0 amide bonds. The average molecular weight is 128 g/mol. The summed E-state index contributed by atoms with van der Waals surface area (Å²) in [5.74, 6) is 6.20. The monoisotopic (exact) mass is 128 g/mol. The Labute approximate surface area is 55.2 Å². The van der Waals surface area contributed by atoms with Gasteiger partial charge >= 0.3 is 0 Å². The van der Waals surface area contributed by atoms with Gasteiger partial charge in [-0.3, -0.25) is 0 Å². The minimum Gasteiger partial charge on any atom is -0.447 e. The van der Waals surface area contributed by atoms with Crippen molar-refractivity contribution in [2.75, 3.05) is 0 Å². The van der Waals surface area contributed by atoms with Gasteiger partial charge in [-0.1, -0.05) is 0 Å². The summed E-state index contributed by atoms with van der Waals surface area (Å²) in [7, 11) is 0. The maximum Gasteiger partial charge on any atom is 0.208 e. The zero-order valence-corrected chi connectivity index (χ0v) is 6.01. The zero-order chi connectivity index (χ0) is 7.28. The van der Waals surface area contributed by atoms with E-state index < -0.39 is 0 Å². The van der Waals surface area contributed by atoms with Crippen molar-refractivity contribution in [3.8, 4) is 0 Å². The van der Waals surface area contributed by atoms with Crippen LogP contribution in [0.5, 0.6) is 0 Å². The first-order chi connectivity index (χ1) is 4.20. The van der Waals surface area contributed by atoms with Crippen molar-refractivity contribution in [1.82, 2.24) is 0 Å². The van der Waals surface area contributed by atoms with E-state index in [1.54, 1.807) is 6.92 Å². The molecule has 0 fully saturated rings. The molecule has 0 saturated heterocycles. The molecular formula is C6H12N2O. The third-order valence-corrected chi connectivity index (χ3v) is 0.897. The molecule has 0 aliphatic carbocycles. The molecule has 0 aliphatic rings. The Bertz CT molecular complexity index is 122. The summed E-state index contributed by atoms with van der Waals surface area (Å²) in [5, 5.41) is 3.33. The molecule has 0 spiro atoms. The molecule has 3 heteroatoms. The largest absolute Gasteiger partial charge is 0.447 e. The summed E-state index contributed by atoms with van der Waals surface area (Å²) < 4.78 is 5.03. The summed E-state index contributed by atoms with van der Waals surface area (Å²) in [5.41, 5.74) is 0. The van der Waals surface area contributed by atoms with Crippen molar-refractivity contribution >= 4 is 5.90 Å². The normalized spacial score (nSPS) is 13.7. The second kappa shape index (κ2) is 3.95. The highest BCUT2D eigenvalue weighted by Gasteiger charge is 1.89. The van der Waals surface area contributed by atoms with E-state index in [0.29, 0.717) is 5.90 Å². The first-order valence-corrected chi connectivity index (χ1v) is 2.76. The highest BCUT2D eigenvalue weighted by molar-refractivity contribution is 5.73. The molecule has 0 aromatic heterocycles. The molecule has 52 valence electrons.